The zero-order valence-electron chi connectivity index (χ0n) is 21.8. The van der Waals surface area contributed by atoms with Crippen molar-refractivity contribution in [2.45, 2.75) is 58.0 Å². The van der Waals surface area contributed by atoms with Crippen LogP contribution in [0.25, 0.3) is 11.1 Å². The fourth-order valence-corrected chi connectivity index (χ4v) is 4.11. The first-order valence-corrected chi connectivity index (χ1v) is 13.0. The molecule has 0 aliphatic rings. The average Bonchev–Trinajstić information content (AvgIpc) is 2.93. The number of rotatable bonds is 14. The summed E-state index contributed by atoms with van der Waals surface area (Å²) in [5.41, 5.74) is 4.74. The van der Waals surface area contributed by atoms with Crippen LogP contribution in [-0.2, 0) is 17.8 Å². The molecule has 0 saturated heterocycles. The van der Waals surface area contributed by atoms with E-state index in [2.05, 4.69) is 22.5 Å². The molecule has 0 spiro atoms. The number of urea groups is 1. The third-order valence-electron chi connectivity index (χ3n) is 6.42. The molecule has 0 aliphatic heterocycles. The number of nitrogens with zero attached hydrogens (tertiary/aromatic N) is 2. The number of anilines is 1. The van der Waals surface area contributed by atoms with Crippen LogP contribution in [0.3, 0.4) is 0 Å². The van der Waals surface area contributed by atoms with Crippen LogP contribution in [0.5, 0.6) is 0 Å². The molecule has 2 aromatic carbocycles. The Bertz CT molecular complexity index is 1120. The van der Waals surface area contributed by atoms with Crippen LogP contribution in [0, 0.1) is 0 Å². The van der Waals surface area contributed by atoms with Crippen LogP contribution in [0.2, 0.25) is 0 Å². The highest BCUT2D eigenvalue weighted by molar-refractivity contribution is 5.92. The second-order valence-electron chi connectivity index (χ2n) is 9.28. The van der Waals surface area contributed by atoms with E-state index in [4.69, 9.17) is 0 Å². The molecule has 3 aromatic rings. The molecule has 0 bridgehead atoms. The van der Waals surface area contributed by atoms with Gasteiger partial charge in [0.1, 0.15) is 6.04 Å². The highest BCUT2D eigenvalue weighted by Gasteiger charge is 2.17. The molecular weight excluding hydrogens is 464 g/mol. The second kappa shape index (κ2) is 14.8. The Labute approximate surface area is 219 Å². The summed E-state index contributed by atoms with van der Waals surface area (Å²) >= 11 is 0. The van der Waals surface area contributed by atoms with Crippen molar-refractivity contribution in [3.8, 4) is 11.1 Å². The largest absolute Gasteiger partial charge is 0.480 e. The topological polar surface area (TPSA) is 94.6 Å². The Morgan fingerprint density at radius 3 is 2.35 bits per heavy atom. The molecule has 3 N–H and O–H groups in total. The lowest BCUT2D eigenvalue weighted by atomic mass is 10.00. The minimum Gasteiger partial charge on any atom is -0.480 e. The number of nitrogens with one attached hydrogen (secondary N) is 2. The molecule has 2 amide bonds. The van der Waals surface area contributed by atoms with Crippen LogP contribution < -0.4 is 15.5 Å². The van der Waals surface area contributed by atoms with Gasteiger partial charge in [-0.15, -0.1) is 0 Å². The summed E-state index contributed by atoms with van der Waals surface area (Å²) in [7, 11) is 1.78. The maximum absolute atomic E-state index is 12.6. The van der Waals surface area contributed by atoms with Gasteiger partial charge < -0.3 is 15.7 Å². The first-order chi connectivity index (χ1) is 18.0. The molecule has 7 nitrogen and oxygen atoms in total. The molecule has 0 aliphatic carbocycles. The van der Waals surface area contributed by atoms with E-state index < -0.39 is 12.0 Å². The molecule has 7 heteroatoms. The number of aromatic nitrogens is 1. The van der Waals surface area contributed by atoms with E-state index in [0.29, 0.717) is 19.5 Å². The van der Waals surface area contributed by atoms with Crippen LogP contribution in [0.15, 0.2) is 73.1 Å². The predicted molar refractivity (Wildman–Crippen MR) is 149 cm³/mol. The fraction of sp³-hybridized carbons (Fsp3) is 0.367. The van der Waals surface area contributed by atoms with Gasteiger partial charge in [-0.05, 0) is 59.4 Å². The SMILES string of the molecule is CCCCCCCNC(=O)N(C)c1cccc(-c2ccc(CC(NCc3ccncc3)C(=O)O)cc2)c1. The first-order valence-electron chi connectivity index (χ1n) is 13.0. The normalized spacial score (nSPS) is 11.6. The van der Waals surface area contributed by atoms with Gasteiger partial charge in [-0.3, -0.25) is 14.7 Å². The monoisotopic (exact) mass is 502 g/mol. The fourth-order valence-electron chi connectivity index (χ4n) is 4.11. The Morgan fingerprint density at radius 2 is 1.65 bits per heavy atom. The Kier molecular flexibility index (Phi) is 11.1. The smallest absolute Gasteiger partial charge is 0.321 e. The van der Waals surface area contributed by atoms with Gasteiger partial charge in [0.2, 0.25) is 0 Å². The lowest BCUT2D eigenvalue weighted by Crippen LogP contribution is -2.38. The maximum Gasteiger partial charge on any atom is 0.321 e. The van der Waals surface area contributed by atoms with Crippen LogP contribution in [-0.4, -0.2) is 41.7 Å². The van der Waals surface area contributed by atoms with Gasteiger partial charge in [-0.1, -0.05) is 69.0 Å². The maximum atomic E-state index is 12.6. The lowest BCUT2D eigenvalue weighted by molar-refractivity contribution is -0.139. The van der Waals surface area contributed by atoms with Gasteiger partial charge in [0.25, 0.3) is 0 Å². The van der Waals surface area contributed by atoms with E-state index in [1.807, 2.05) is 60.7 Å². The summed E-state index contributed by atoms with van der Waals surface area (Å²) in [6, 6.07) is 18.7. The molecule has 1 heterocycles. The summed E-state index contributed by atoms with van der Waals surface area (Å²) in [6.07, 6.45) is 9.56. The molecular formula is C30H38N4O3. The molecule has 3 rings (SSSR count). The number of carbonyl (C=O) groups excluding carboxylic acids is 1. The Morgan fingerprint density at radius 1 is 0.919 bits per heavy atom. The van der Waals surface area contributed by atoms with Gasteiger partial charge in [-0.25, -0.2) is 4.79 Å². The number of benzene rings is 2. The van der Waals surface area contributed by atoms with E-state index >= 15 is 0 Å². The minimum absolute atomic E-state index is 0.109. The highest BCUT2D eigenvalue weighted by atomic mass is 16.4. The van der Waals surface area contributed by atoms with Gasteiger partial charge in [0.15, 0.2) is 0 Å². The van der Waals surface area contributed by atoms with Crippen molar-refractivity contribution in [3.63, 3.8) is 0 Å². The summed E-state index contributed by atoms with van der Waals surface area (Å²) in [4.78, 5) is 30.0. The number of carboxylic acid groups (broad SMARTS) is 1. The number of amides is 2. The third kappa shape index (κ3) is 9.03. The number of unbranched alkanes of at least 4 members (excludes halogenated alkanes) is 4. The van der Waals surface area contributed by atoms with Gasteiger partial charge >= 0.3 is 12.0 Å². The van der Waals surface area contributed by atoms with E-state index in [1.54, 1.807) is 24.3 Å². The van der Waals surface area contributed by atoms with E-state index in [9.17, 15) is 14.7 Å². The number of carboxylic acids is 1. The standard InChI is InChI=1S/C30H38N4O3/c1-3-4-5-6-7-17-32-30(37)34(2)27-10-8-9-26(21-27)25-13-11-23(12-14-25)20-28(29(35)36)33-22-24-15-18-31-19-16-24/h8-16,18-19,21,28,33H,3-7,17,20,22H2,1-2H3,(H,32,37)(H,35,36). The first kappa shape index (κ1) is 27.9. The van der Waals surface area contributed by atoms with Crippen LogP contribution >= 0.6 is 0 Å². The summed E-state index contributed by atoms with van der Waals surface area (Å²) in [6.45, 7) is 3.34. The summed E-state index contributed by atoms with van der Waals surface area (Å²) < 4.78 is 0. The number of aliphatic carboxylic acids is 1. The molecule has 196 valence electrons. The van der Waals surface area contributed by atoms with Crippen molar-refractivity contribution in [1.29, 1.82) is 0 Å². The molecule has 1 aromatic heterocycles. The van der Waals surface area contributed by atoms with Crippen molar-refractivity contribution in [2.75, 3.05) is 18.5 Å². The van der Waals surface area contributed by atoms with Crippen molar-refractivity contribution < 1.29 is 14.7 Å². The number of hydrogen-bond donors (Lipinski definition) is 3. The zero-order valence-corrected chi connectivity index (χ0v) is 21.8. The molecule has 37 heavy (non-hydrogen) atoms. The third-order valence-corrected chi connectivity index (χ3v) is 6.42. The molecule has 1 unspecified atom stereocenters. The van der Waals surface area contributed by atoms with Crippen molar-refractivity contribution in [3.05, 3.63) is 84.2 Å². The van der Waals surface area contributed by atoms with Gasteiger partial charge in [0, 0.05) is 38.2 Å². The average molecular weight is 503 g/mol. The van der Waals surface area contributed by atoms with E-state index in [1.165, 1.54) is 19.3 Å². The molecule has 0 radical (unpaired) electrons. The van der Waals surface area contributed by atoms with Crippen molar-refractivity contribution >= 4 is 17.7 Å². The molecule has 0 saturated carbocycles. The van der Waals surface area contributed by atoms with Crippen LogP contribution in [0.4, 0.5) is 10.5 Å². The quantitative estimate of drug-likeness (QED) is 0.248. The summed E-state index contributed by atoms with van der Waals surface area (Å²) in [5.74, 6) is -0.881. The summed E-state index contributed by atoms with van der Waals surface area (Å²) in [5, 5.41) is 15.8. The number of pyridine rings is 1. The zero-order chi connectivity index (χ0) is 26.5. The van der Waals surface area contributed by atoms with Crippen molar-refractivity contribution in [1.82, 2.24) is 15.6 Å². The van der Waals surface area contributed by atoms with Gasteiger partial charge in [-0.2, -0.15) is 0 Å². The lowest BCUT2D eigenvalue weighted by Gasteiger charge is -2.19. The predicted octanol–water partition coefficient (Wildman–Crippen LogP) is 5.65. The Hall–Kier alpha value is -3.71. The Balaban J connectivity index is 1.57. The number of hydrogen-bond acceptors (Lipinski definition) is 4. The molecule has 1 atom stereocenters. The number of carbonyl (C=O) groups is 2. The minimum atomic E-state index is -0.881. The highest BCUT2D eigenvalue weighted by Crippen LogP contribution is 2.25. The van der Waals surface area contributed by atoms with Gasteiger partial charge in [0.05, 0.1) is 0 Å². The van der Waals surface area contributed by atoms with E-state index in [-0.39, 0.29) is 6.03 Å². The molecule has 0 fully saturated rings. The van der Waals surface area contributed by atoms with E-state index in [0.717, 1.165) is 40.8 Å². The second-order valence-corrected chi connectivity index (χ2v) is 9.28. The van der Waals surface area contributed by atoms with Crippen LogP contribution in [0.1, 0.15) is 50.2 Å². The van der Waals surface area contributed by atoms with Crippen molar-refractivity contribution in [2.24, 2.45) is 0 Å².